The van der Waals surface area contributed by atoms with E-state index in [1.807, 2.05) is 0 Å². The summed E-state index contributed by atoms with van der Waals surface area (Å²) >= 11 is 0. The maximum atomic E-state index is 12.8. The summed E-state index contributed by atoms with van der Waals surface area (Å²) in [5, 5.41) is 0. The van der Waals surface area contributed by atoms with Gasteiger partial charge in [0.2, 0.25) is 0 Å². The number of allylic oxidation sites excluding steroid dienone is 16. The van der Waals surface area contributed by atoms with Crippen LogP contribution in [0.15, 0.2) is 97.2 Å². The van der Waals surface area contributed by atoms with Gasteiger partial charge in [-0.15, -0.1) is 0 Å². The molecule has 62 heavy (non-hydrogen) atoms. The number of hydrogen-bond acceptors (Lipinski definition) is 5. The summed E-state index contributed by atoms with van der Waals surface area (Å²) in [7, 11) is 0. The molecule has 0 heterocycles. The van der Waals surface area contributed by atoms with Gasteiger partial charge in [0.15, 0.2) is 6.10 Å². The first-order chi connectivity index (χ1) is 30.6. The number of ether oxygens (including phenoxy) is 3. The standard InChI is InChI=1S/C57H96O5/c1-4-7-10-13-16-19-22-25-28-29-31-32-35-38-41-44-47-50-56(58)61-54-55(53-60-52-49-46-43-40-37-34-27-24-21-18-15-12-9-6-3)62-57(59)51-48-45-42-39-36-33-30-26-23-20-17-14-11-8-5-2/h7,9-10,12,16,18-19,21,25,27-28,31-32,34,38,41,55H,4-6,8,11,13-15,17,20,22-24,26,29-30,33,35-37,39-40,42-54H2,1-3H3/b10-7-,12-9-,19-16-,21-18-,28-25-,32-31-,34-27-,41-38-. The Morgan fingerprint density at radius 1 is 0.371 bits per heavy atom. The molecule has 0 aliphatic heterocycles. The molecule has 0 aliphatic rings. The van der Waals surface area contributed by atoms with Crippen LogP contribution in [-0.4, -0.2) is 37.9 Å². The lowest BCUT2D eigenvalue weighted by atomic mass is 10.0. The molecule has 1 unspecified atom stereocenters. The lowest BCUT2D eigenvalue weighted by Crippen LogP contribution is -2.30. The number of carbonyl (C=O) groups is 2. The minimum absolute atomic E-state index is 0.0437. The van der Waals surface area contributed by atoms with Crippen molar-refractivity contribution >= 4 is 11.9 Å². The highest BCUT2D eigenvalue weighted by molar-refractivity contribution is 5.70. The van der Waals surface area contributed by atoms with Crippen LogP contribution < -0.4 is 0 Å². The van der Waals surface area contributed by atoms with Crippen molar-refractivity contribution in [2.45, 2.75) is 232 Å². The van der Waals surface area contributed by atoms with Gasteiger partial charge in [-0.25, -0.2) is 0 Å². The third-order valence-corrected chi connectivity index (χ3v) is 10.6. The molecule has 0 amide bonds. The number of rotatable bonds is 46. The first-order valence-electron chi connectivity index (χ1n) is 25.8. The summed E-state index contributed by atoms with van der Waals surface area (Å²) in [5.41, 5.74) is 0. The van der Waals surface area contributed by atoms with E-state index in [-0.39, 0.29) is 25.2 Å². The Bertz CT molecular complexity index is 1200. The minimum Gasteiger partial charge on any atom is -0.462 e. The summed E-state index contributed by atoms with van der Waals surface area (Å²) in [5.74, 6) is -0.477. The molecule has 354 valence electrons. The minimum atomic E-state index is -0.574. The monoisotopic (exact) mass is 861 g/mol. The average Bonchev–Trinajstić information content (AvgIpc) is 3.27. The Kier molecular flexibility index (Phi) is 49.5. The van der Waals surface area contributed by atoms with Gasteiger partial charge in [-0.05, 0) is 89.9 Å². The summed E-state index contributed by atoms with van der Waals surface area (Å²) in [6.45, 7) is 7.50. The van der Waals surface area contributed by atoms with E-state index in [0.717, 1.165) is 96.3 Å². The van der Waals surface area contributed by atoms with E-state index >= 15 is 0 Å². The predicted octanol–water partition coefficient (Wildman–Crippen LogP) is 17.5. The fourth-order valence-corrected chi connectivity index (χ4v) is 6.85. The van der Waals surface area contributed by atoms with Crippen molar-refractivity contribution < 1.29 is 23.8 Å². The number of esters is 2. The molecule has 0 radical (unpaired) electrons. The quantitative estimate of drug-likeness (QED) is 0.0347. The first kappa shape index (κ1) is 58.8. The first-order valence-corrected chi connectivity index (χ1v) is 25.8. The molecule has 1 atom stereocenters. The topological polar surface area (TPSA) is 61.8 Å². The maximum Gasteiger partial charge on any atom is 0.306 e. The van der Waals surface area contributed by atoms with Crippen LogP contribution in [0.1, 0.15) is 226 Å². The van der Waals surface area contributed by atoms with Crippen LogP contribution in [0.25, 0.3) is 0 Å². The van der Waals surface area contributed by atoms with Gasteiger partial charge in [0.05, 0.1) is 6.61 Å². The molecule has 5 nitrogen and oxygen atoms in total. The smallest absolute Gasteiger partial charge is 0.306 e. The molecule has 0 fully saturated rings. The van der Waals surface area contributed by atoms with Gasteiger partial charge >= 0.3 is 11.9 Å². The van der Waals surface area contributed by atoms with Gasteiger partial charge in [-0.2, -0.15) is 0 Å². The molecule has 0 aromatic rings. The van der Waals surface area contributed by atoms with Gasteiger partial charge in [-0.3, -0.25) is 9.59 Å². The van der Waals surface area contributed by atoms with Crippen LogP contribution in [0.2, 0.25) is 0 Å². The fourth-order valence-electron chi connectivity index (χ4n) is 6.85. The predicted molar refractivity (Wildman–Crippen MR) is 270 cm³/mol. The number of carbonyl (C=O) groups excluding carboxylic acids is 2. The second-order valence-corrected chi connectivity index (χ2v) is 16.7. The third-order valence-electron chi connectivity index (χ3n) is 10.6. The van der Waals surface area contributed by atoms with Crippen molar-refractivity contribution in [2.75, 3.05) is 19.8 Å². The number of unbranched alkanes of at least 4 members (excludes halogenated alkanes) is 19. The van der Waals surface area contributed by atoms with E-state index < -0.39 is 6.10 Å². The second-order valence-electron chi connectivity index (χ2n) is 16.7. The fraction of sp³-hybridized carbons (Fsp3) is 0.684. The Balaban J connectivity index is 4.40. The SMILES string of the molecule is CC/C=C\C/C=C\C/C=C\C/C=C\C/C=C\CCCC(=O)OCC(COCCCCCC/C=C\C/C=C\C/C=C\CC)OC(=O)CCCCCCCCCCCCCCCCC. The van der Waals surface area contributed by atoms with Gasteiger partial charge in [0, 0.05) is 19.4 Å². The van der Waals surface area contributed by atoms with Gasteiger partial charge in [0.1, 0.15) is 6.61 Å². The third kappa shape index (κ3) is 49.5. The van der Waals surface area contributed by atoms with Crippen LogP contribution in [0.3, 0.4) is 0 Å². The highest BCUT2D eigenvalue weighted by Crippen LogP contribution is 2.15. The largest absolute Gasteiger partial charge is 0.462 e. The maximum absolute atomic E-state index is 12.8. The molecule has 0 aromatic carbocycles. The van der Waals surface area contributed by atoms with E-state index in [2.05, 4.69) is 118 Å². The molecular weight excluding hydrogens is 765 g/mol. The number of hydrogen-bond donors (Lipinski definition) is 0. The molecule has 0 rings (SSSR count). The van der Waals surface area contributed by atoms with E-state index in [1.165, 1.54) is 96.3 Å². The van der Waals surface area contributed by atoms with Gasteiger partial charge in [0.25, 0.3) is 0 Å². The Labute approximate surface area is 383 Å². The summed E-state index contributed by atoms with van der Waals surface area (Å²) < 4.78 is 17.3. The molecule has 0 saturated heterocycles. The zero-order chi connectivity index (χ0) is 44.9. The van der Waals surface area contributed by atoms with Crippen molar-refractivity contribution in [1.82, 2.24) is 0 Å². The van der Waals surface area contributed by atoms with Crippen LogP contribution >= 0.6 is 0 Å². The van der Waals surface area contributed by atoms with E-state index in [4.69, 9.17) is 14.2 Å². The summed E-state index contributed by atoms with van der Waals surface area (Å²) in [4.78, 5) is 25.4. The molecule has 0 N–H and O–H groups in total. The van der Waals surface area contributed by atoms with Crippen molar-refractivity contribution in [2.24, 2.45) is 0 Å². The zero-order valence-corrected chi connectivity index (χ0v) is 40.6. The highest BCUT2D eigenvalue weighted by Gasteiger charge is 2.17. The highest BCUT2D eigenvalue weighted by atomic mass is 16.6. The Hall–Kier alpha value is -3.18. The van der Waals surface area contributed by atoms with E-state index in [9.17, 15) is 9.59 Å². The normalized spacial score (nSPS) is 13.0. The van der Waals surface area contributed by atoms with Crippen LogP contribution in [-0.2, 0) is 23.8 Å². The Morgan fingerprint density at radius 3 is 1.21 bits per heavy atom. The molecular formula is C57H96O5. The van der Waals surface area contributed by atoms with Gasteiger partial charge < -0.3 is 14.2 Å². The van der Waals surface area contributed by atoms with Crippen LogP contribution in [0.4, 0.5) is 0 Å². The lowest BCUT2D eigenvalue weighted by molar-refractivity contribution is -0.163. The van der Waals surface area contributed by atoms with Crippen molar-refractivity contribution in [3.8, 4) is 0 Å². The summed E-state index contributed by atoms with van der Waals surface area (Å²) in [6.07, 6.45) is 69.9. The zero-order valence-electron chi connectivity index (χ0n) is 40.6. The van der Waals surface area contributed by atoms with Gasteiger partial charge in [-0.1, -0.05) is 221 Å². The van der Waals surface area contributed by atoms with E-state index in [1.54, 1.807) is 0 Å². The molecule has 0 aromatic heterocycles. The molecule has 0 aliphatic carbocycles. The van der Waals surface area contributed by atoms with Crippen LogP contribution in [0, 0.1) is 0 Å². The molecule has 5 heteroatoms. The van der Waals surface area contributed by atoms with Crippen molar-refractivity contribution in [1.29, 1.82) is 0 Å². The molecule has 0 saturated carbocycles. The second kappa shape index (κ2) is 52.2. The molecule has 0 spiro atoms. The molecule has 0 bridgehead atoms. The van der Waals surface area contributed by atoms with E-state index in [0.29, 0.717) is 19.4 Å². The average molecular weight is 861 g/mol. The van der Waals surface area contributed by atoms with Crippen LogP contribution in [0.5, 0.6) is 0 Å². The van der Waals surface area contributed by atoms with Crippen molar-refractivity contribution in [3.63, 3.8) is 0 Å². The lowest BCUT2D eigenvalue weighted by Gasteiger charge is -2.18. The Morgan fingerprint density at radius 2 is 0.742 bits per heavy atom. The van der Waals surface area contributed by atoms with Crippen molar-refractivity contribution in [3.05, 3.63) is 97.2 Å². The summed E-state index contributed by atoms with van der Waals surface area (Å²) in [6, 6.07) is 0.